The van der Waals surface area contributed by atoms with Crippen molar-refractivity contribution in [2.24, 2.45) is 0 Å². The minimum atomic E-state index is -0.217. The summed E-state index contributed by atoms with van der Waals surface area (Å²) in [6.07, 6.45) is 1.17. The van der Waals surface area contributed by atoms with Gasteiger partial charge in [0, 0.05) is 14.1 Å². The van der Waals surface area contributed by atoms with Gasteiger partial charge in [-0.15, -0.1) is 6.54 Å². The Hall–Kier alpha value is 1.30. The molecule has 0 atom stereocenters. The van der Waals surface area contributed by atoms with Gasteiger partial charge in [0.2, 0.25) is 0 Å². The van der Waals surface area contributed by atoms with E-state index in [9.17, 15) is 0 Å². The predicted octanol–water partition coefficient (Wildman–Crippen LogP) is 4.21. The van der Waals surface area contributed by atoms with Crippen LogP contribution in [0.2, 0.25) is 0 Å². The van der Waals surface area contributed by atoms with E-state index in [1.165, 1.54) is 6.16 Å². The second-order valence-corrected chi connectivity index (χ2v) is 7.34. The van der Waals surface area contributed by atoms with Crippen LogP contribution in [0.15, 0.2) is 0 Å². The van der Waals surface area contributed by atoms with Crippen LogP contribution in [-0.4, -0.2) is 24.0 Å². The number of rotatable bonds is 4. The molecule has 0 fully saturated rings. The minimum absolute atomic E-state index is 0. The molecule has 0 heterocycles. The van der Waals surface area contributed by atoms with Gasteiger partial charge in [-0.25, -0.2) is 0 Å². The van der Waals surface area contributed by atoms with Gasteiger partial charge in [0.1, 0.15) is 0 Å². The molecule has 4 heteroatoms. The monoisotopic (exact) mass is 313 g/mol. The number of hydrogen-bond acceptors (Lipinski definition) is 0. The van der Waals surface area contributed by atoms with Gasteiger partial charge in [-0.3, -0.25) is 0 Å². The first-order valence-corrected chi connectivity index (χ1v) is 8.33. The molecule has 13 heavy (non-hydrogen) atoms. The molecule has 0 aromatic heterocycles. The van der Waals surface area contributed by atoms with E-state index >= 15 is 0 Å². The average molecular weight is 313 g/mol. The molecule has 0 unspecified atom stereocenters. The molecule has 0 aliphatic heterocycles. The summed E-state index contributed by atoms with van der Waals surface area (Å²) in [5.41, 5.74) is 8.83. The van der Waals surface area contributed by atoms with Crippen LogP contribution >= 0.6 is 17.6 Å². The van der Waals surface area contributed by atoms with E-state index in [1.807, 2.05) is 17.3 Å². The Morgan fingerprint density at radius 1 is 1.15 bits per heavy atom. The van der Waals surface area contributed by atoms with Gasteiger partial charge in [0.05, 0.1) is 11.3 Å². The Morgan fingerprint density at radius 2 is 1.46 bits per heavy atom. The van der Waals surface area contributed by atoms with Crippen molar-refractivity contribution in [2.45, 2.75) is 39.0 Å². The summed E-state index contributed by atoms with van der Waals surface area (Å²) in [6.45, 7) is 9.81. The van der Waals surface area contributed by atoms with Crippen LogP contribution in [0, 0.1) is 7.43 Å². The van der Waals surface area contributed by atoms with Crippen molar-refractivity contribution in [3.8, 4) is 0 Å². The normalized spacial score (nSPS) is 9.62. The van der Waals surface area contributed by atoms with Gasteiger partial charge < -0.3 is 13.2 Å². The van der Waals surface area contributed by atoms with E-state index in [0.717, 1.165) is 11.3 Å². The predicted molar refractivity (Wildman–Crippen MR) is 64.9 cm³/mol. The topological polar surface area (TPSA) is 23.8 Å². The molecular weight excluding hydrogens is 290 g/mol. The third-order valence-corrected chi connectivity index (χ3v) is 5.69. The standard InChI is InChI=1S/C8H19NP.CH3.ClH.Ru/c1-7(2)10(6-5-9)8(3)4;;;/h7-9H,5-6H2,1-4H3;1H3;1H;/q2*-1;;+3. The number of hydrogen-bond donors (Lipinski definition) is 0. The van der Waals surface area contributed by atoms with Crippen LogP contribution < -0.4 is 0 Å². The molecule has 0 rings (SSSR count). The van der Waals surface area contributed by atoms with E-state index in [-0.39, 0.29) is 15.3 Å². The van der Waals surface area contributed by atoms with Crippen molar-refractivity contribution in [1.82, 2.24) is 0 Å². The van der Waals surface area contributed by atoms with Crippen molar-refractivity contribution in [3.63, 3.8) is 0 Å². The van der Waals surface area contributed by atoms with Crippen LogP contribution in [0.4, 0.5) is 0 Å². The van der Waals surface area contributed by atoms with E-state index in [2.05, 4.69) is 37.4 Å². The third kappa shape index (κ3) is 11.2. The number of nitrogens with one attached hydrogen (secondary N) is 1. The first-order valence-electron chi connectivity index (χ1n) is 4.23. The summed E-state index contributed by atoms with van der Waals surface area (Å²) >= 11 is 1.82. The zero-order chi connectivity index (χ0) is 10.1. The van der Waals surface area contributed by atoms with Gasteiger partial charge in [-0.1, -0.05) is 0 Å². The van der Waals surface area contributed by atoms with Crippen molar-refractivity contribution < 1.29 is 17.3 Å². The fourth-order valence-corrected chi connectivity index (χ4v) is 4.17. The van der Waals surface area contributed by atoms with Crippen molar-refractivity contribution in [2.75, 3.05) is 12.7 Å². The summed E-state index contributed by atoms with van der Waals surface area (Å²) in [4.78, 5) is 0. The third-order valence-electron chi connectivity index (χ3n) is 1.90. The van der Waals surface area contributed by atoms with E-state index < -0.39 is 0 Å². The quantitative estimate of drug-likeness (QED) is 0.422. The summed E-state index contributed by atoms with van der Waals surface area (Å²) in [7, 11) is 4.35. The summed E-state index contributed by atoms with van der Waals surface area (Å²) < 4.78 is 0. The van der Waals surface area contributed by atoms with Gasteiger partial charge in [-0.2, -0.15) is 0 Å². The van der Waals surface area contributed by atoms with Gasteiger partial charge >= 0.3 is 27.0 Å². The van der Waals surface area contributed by atoms with E-state index in [4.69, 9.17) is 5.73 Å². The molecule has 1 N–H and O–H groups in total. The molecule has 0 aromatic rings. The average Bonchev–Trinajstić information content (AvgIpc) is 2.03. The van der Waals surface area contributed by atoms with Crippen LogP contribution in [0.1, 0.15) is 27.7 Å². The van der Waals surface area contributed by atoms with Crippen LogP contribution in [0.25, 0.3) is 5.73 Å². The Morgan fingerprint density at radius 3 is 1.54 bits per heavy atom. The number of halogens is 1. The Kier molecular flexibility index (Phi) is 20.3. The Bertz CT molecular complexity index is 83.7. The fraction of sp³-hybridized carbons (Fsp3) is 0.889. The Balaban J connectivity index is -0.000000309. The molecule has 83 valence electrons. The molecule has 0 saturated heterocycles. The second-order valence-electron chi connectivity index (χ2n) is 3.38. The first-order chi connectivity index (χ1) is 5.59. The van der Waals surface area contributed by atoms with Crippen molar-refractivity contribution in [1.29, 1.82) is 0 Å². The Labute approximate surface area is 99.7 Å². The summed E-state index contributed by atoms with van der Waals surface area (Å²) in [6, 6.07) is 0. The molecule has 1 nitrogen and oxygen atoms in total. The van der Waals surface area contributed by atoms with Crippen LogP contribution in [0.5, 0.6) is 0 Å². The molecule has 0 amide bonds. The molecule has 0 bridgehead atoms. The van der Waals surface area contributed by atoms with Gasteiger partial charge in [-0.05, 0) is 27.7 Å². The van der Waals surface area contributed by atoms with Gasteiger partial charge in [0.15, 0.2) is 0 Å². The second kappa shape index (κ2) is 13.3. The van der Waals surface area contributed by atoms with Crippen LogP contribution in [0.3, 0.4) is 0 Å². The molecule has 0 spiro atoms. The van der Waals surface area contributed by atoms with E-state index in [0.29, 0.717) is 6.54 Å². The zero-order valence-electron chi connectivity index (χ0n) is 9.30. The zero-order valence-corrected chi connectivity index (χ0v) is 12.8. The molecule has 0 aliphatic carbocycles. The molecule has 0 radical (unpaired) electrons. The summed E-state index contributed by atoms with van der Waals surface area (Å²) in [5.74, 6) is 0. The fourth-order valence-electron chi connectivity index (χ4n) is 1.39. The molecule has 0 aliphatic rings. The maximum absolute atomic E-state index is 7.15. The first kappa shape index (κ1) is 19.8. The molecule has 0 saturated carbocycles. The van der Waals surface area contributed by atoms with Gasteiger partial charge in [0.25, 0.3) is 0 Å². The van der Waals surface area contributed by atoms with Crippen molar-refractivity contribution in [3.05, 3.63) is 13.2 Å². The SMILES string of the molecule is CC(C)[PH+](CC[NH-])C(C)C.[CH3-].[Cl][Ru+2]. The van der Waals surface area contributed by atoms with Crippen molar-refractivity contribution >= 4 is 17.6 Å². The summed E-state index contributed by atoms with van der Waals surface area (Å²) in [5, 5.41) is 0. The van der Waals surface area contributed by atoms with Crippen LogP contribution in [-0.2, 0) is 17.3 Å². The van der Waals surface area contributed by atoms with E-state index in [1.54, 1.807) is 0 Å². The molecule has 0 aromatic carbocycles. The molecular formula is C9H23ClNPRu+. The maximum atomic E-state index is 7.15.